The van der Waals surface area contributed by atoms with Crippen LogP contribution in [0.5, 0.6) is 0 Å². The van der Waals surface area contributed by atoms with Crippen molar-refractivity contribution in [3.8, 4) is 0 Å². The number of nitrogens with zero attached hydrogens (tertiary/aromatic N) is 2. The Labute approximate surface area is 253 Å². The molecule has 0 fully saturated rings. The third kappa shape index (κ3) is 8.03. The van der Waals surface area contributed by atoms with E-state index in [1.165, 1.54) is 23.1 Å². The summed E-state index contributed by atoms with van der Waals surface area (Å²) in [6, 6.07) is 17.7. The molecule has 0 saturated heterocycles. The average molecular weight is 619 g/mol. The van der Waals surface area contributed by atoms with Gasteiger partial charge in [0.05, 0.1) is 20.6 Å². The number of anilines is 1. The van der Waals surface area contributed by atoms with E-state index in [-0.39, 0.29) is 33.1 Å². The van der Waals surface area contributed by atoms with E-state index >= 15 is 0 Å². The molecule has 41 heavy (non-hydrogen) atoms. The van der Waals surface area contributed by atoms with Gasteiger partial charge in [0.15, 0.2) is 0 Å². The zero-order chi connectivity index (χ0) is 30.5. The van der Waals surface area contributed by atoms with E-state index in [1.54, 1.807) is 24.3 Å². The number of carbonyl (C=O) groups excluding carboxylic acids is 2. The van der Waals surface area contributed by atoms with Gasteiger partial charge >= 0.3 is 0 Å². The summed E-state index contributed by atoms with van der Waals surface area (Å²) in [5.74, 6) is -0.883. The number of hydrogen-bond acceptors (Lipinski definition) is 4. The zero-order valence-electron chi connectivity index (χ0n) is 24.2. The average Bonchev–Trinajstić information content (AvgIpc) is 2.89. The number of amides is 2. The lowest BCUT2D eigenvalue weighted by Crippen LogP contribution is -2.55. The third-order valence-electron chi connectivity index (χ3n) is 6.57. The Morgan fingerprint density at radius 2 is 1.56 bits per heavy atom. The van der Waals surface area contributed by atoms with Crippen molar-refractivity contribution in [2.75, 3.05) is 10.8 Å². The molecule has 0 aliphatic rings. The Kier molecular flexibility index (Phi) is 10.5. The molecule has 0 radical (unpaired) electrons. The van der Waals surface area contributed by atoms with Crippen LogP contribution in [0.15, 0.2) is 71.6 Å². The van der Waals surface area contributed by atoms with Crippen LogP contribution in [0.3, 0.4) is 0 Å². The van der Waals surface area contributed by atoms with E-state index in [9.17, 15) is 18.0 Å². The van der Waals surface area contributed by atoms with Gasteiger partial charge < -0.3 is 10.2 Å². The summed E-state index contributed by atoms with van der Waals surface area (Å²) >= 11 is 12.8. The van der Waals surface area contributed by atoms with Gasteiger partial charge in [-0.2, -0.15) is 0 Å². The molecule has 10 heteroatoms. The molecular weight excluding hydrogens is 581 g/mol. The monoisotopic (exact) mass is 617 g/mol. The Balaban J connectivity index is 2.13. The van der Waals surface area contributed by atoms with Crippen LogP contribution in [-0.2, 0) is 26.2 Å². The van der Waals surface area contributed by atoms with Crippen LogP contribution in [0.1, 0.15) is 50.8 Å². The third-order valence-corrected chi connectivity index (χ3v) is 9.16. The van der Waals surface area contributed by atoms with Crippen LogP contribution in [0.2, 0.25) is 10.0 Å². The van der Waals surface area contributed by atoms with Gasteiger partial charge in [0.1, 0.15) is 12.6 Å². The number of rotatable bonds is 10. The van der Waals surface area contributed by atoms with Gasteiger partial charge in [0.25, 0.3) is 10.0 Å². The SMILES string of the molecule is CC[C@@H](C(=O)NC(C)(C)C)N(Cc1ccccc1C)C(=O)CN(c1cccc(Cl)c1Cl)S(=O)(=O)c1ccc(C)cc1. The van der Waals surface area contributed by atoms with Crippen molar-refractivity contribution in [1.82, 2.24) is 10.2 Å². The number of nitrogens with one attached hydrogen (secondary N) is 1. The van der Waals surface area contributed by atoms with Crippen molar-refractivity contribution in [3.63, 3.8) is 0 Å². The highest BCUT2D eigenvalue weighted by Gasteiger charge is 2.35. The molecule has 2 amide bonds. The van der Waals surface area contributed by atoms with Crippen LogP contribution in [0.25, 0.3) is 0 Å². The lowest BCUT2D eigenvalue weighted by molar-refractivity contribution is -0.141. The van der Waals surface area contributed by atoms with Crippen LogP contribution < -0.4 is 9.62 Å². The molecule has 220 valence electrons. The summed E-state index contributed by atoms with van der Waals surface area (Å²) in [5, 5.41) is 3.11. The van der Waals surface area contributed by atoms with Gasteiger partial charge in [-0.25, -0.2) is 8.42 Å². The summed E-state index contributed by atoms with van der Waals surface area (Å²) in [5.41, 5.74) is 2.20. The number of benzene rings is 3. The van der Waals surface area contributed by atoms with Crippen molar-refractivity contribution < 1.29 is 18.0 Å². The Morgan fingerprint density at radius 3 is 2.15 bits per heavy atom. The first-order chi connectivity index (χ1) is 19.2. The smallest absolute Gasteiger partial charge is 0.264 e. The molecule has 7 nitrogen and oxygen atoms in total. The van der Waals surface area contributed by atoms with Gasteiger partial charge in [-0.1, -0.05) is 78.2 Å². The molecule has 0 aliphatic heterocycles. The van der Waals surface area contributed by atoms with Crippen molar-refractivity contribution in [3.05, 3.63) is 93.5 Å². The summed E-state index contributed by atoms with van der Waals surface area (Å²) in [6.07, 6.45) is 0.322. The Bertz CT molecular complexity index is 1500. The van der Waals surface area contributed by atoms with E-state index in [0.717, 1.165) is 21.0 Å². The molecule has 1 atom stereocenters. The summed E-state index contributed by atoms with van der Waals surface area (Å²) in [7, 11) is -4.26. The number of sulfonamides is 1. The number of hydrogen-bond donors (Lipinski definition) is 1. The second-order valence-electron chi connectivity index (χ2n) is 11.0. The first kappa shape index (κ1) is 32.4. The summed E-state index contributed by atoms with van der Waals surface area (Å²) < 4.78 is 29.0. The fourth-order valence-corrected chi connectivity index (χ4v) is 6.25. The van der Waals surface area contributed by atoms with E-state index in [2.05, 4.69) is 5.32 Å². The van der Waals surface area contributed by atoms with Crippen LogP contribution in [0, 0.1) is 13.8 Å². The van der Waals surface area contributed by atoms with Gasteiger partial charge in [0, 0.05) is 12.1 Å². The van der Waals surface area contributed by atoms with Gasteiger partial charge in [-0.3, -0.25) is 13.9 Å². The molecule has 0 saturated carbocycles. The first-order valence-electron chi connectivity index (χ1n) is 13.3. The largest absolute Gasteiger partial charge is 0.350 e. The predicted octanol–water partition coefficient (Wildman–Crippen LogP) is 6.53. The van der Waals surface area contributed by atoms with E-state index in [0.29, 0.717) is 6.42 Å². The van der Waals surface area contributed by atoms with E-state index < -0.39 is 34.1 Å². The van der Waals surface area contributed by atoms with E-state index in [4.69, 9.17) is 23.2 Å². The lowest BCUT2D eigenvalue weighted by atomic mass is 10.0. The van der Waals surface area contributed by atoms with Crippen LogP contribution in [0.4, 0.5) is 5.69 Å². The maximum Gasteiger partial charge on any atom is 0.264 e. The normalized spacial score (nSPS) is 12.5. The fraction of sp³-hybridized carbons (Fsp3) is 0.355. The Morgan fingerprint density at radius 1 is 0.927 bits per heavy atom. The van der Waals surface area contributed by atoms with Crippen molar-refractivity contribution in [2.24, 2.45) is 0 Å². The highest BCUT2D eigenvalue weighted by Crippen LogP contribution is 2.35. The summed E-state index contributed by atoms with van der Waals surface area (Å²) in [6.45, 7) is 10.7. The maximum atomic E-state index is 14.2. The predicted molar refractivity (Wildman–Crippen MR) is 166 cm³/mol. The second kappa shape index (κ2) is 13.3. The molecule has 0 aromatic heterocycles. The number of aryl methyl sites for hydroxylation is 2. The Hall–Kier alpha value is -3.07. The molecule has 3 aromatic rings. The van der Waals surface area contributed by atoms with Crippen molar-refractivity contribution in [1.29, 1.82) is 0 Å². The molecule has 3 rings (SSSR count). The highest BCUT2D eigenvalue weighted by molar-refractivity contribution is 7.92. The molecular formula is C31H37Cl2N3O4S. The van der Waals surface area contributed by atoms with Crippen LogP contribution in [-0.4, -0.2) is 43.3 Å². The minimum Gasteiger partial charge on any atom is -0.350 e. The highest BCUT2D eigenvalue weighted by atomic mass is 35.5. The quantitative estimate of drug-likeness (QED) is 0.280. The standard InChI is InChI=1S/C31H37Cl2N3O4S/c1-7-26(30(38)34-31(4,5)6)35(19-23-12-9-8-11-22(23)3)28(37)20-36(27-14-10-13-25(32)29(27)33)41(39,40)24-17-15-21(2)16-18-24/h8-18,26H,7,19-20H2,1-6H3,(H,34,38)/t26-/m0/s1. The molecule has 0 spiro atoms. The van der Waals surface area contributed by atoms with E-state index in [1.807, 2.05) is 65.8 Å². The lowest BCUT2D eigenvalue weighted by Gasteiger charge is -2.35. The summed E-state index contributed by atoms with van der Waals surface area (Å²) in [4.78, 5) is 29.1. The number of halogens is 2. The molecule has 0 bridgehead atoms. The molecule has 0 heterocycles. The zero-order valence-corrected chi connectivity index (χ0v) is 26.6. The topological polar surface area (TPSA) is 86.8 Å². The molecule has 0 aliphatic carbocycles. The molecule has 3 aromatic carbocycles. The number of carbonyl (C=O) groups is 2. The van der Waals surface area contributed by atoms with Gasteiger partial charge in [-0.05, 0) is 76.4 Å². The maximum absolute atomic E-state index is 14.2. The minimum absolute atomic E-state index is 0.000578. The minimum atomic E-state index is -4.26. The first-order valence-corrected chi connectivity index (χ1v) is 15.5. The molecule has 1 N–H and O–H groups in total. The van der Waals surface area contributed by atoms with Crippen LogP contribution >= 0.6 is 23.2 Å². The fourth-order valence-electron chi connectivity index (χ4n) is 4.38. The van der Waals surface area contributed by atoms with Crippen molar-refractivity contribution in [2.45, 2.75) is 71.0 Å². The van der Waals surface area contributed by atoms with Gasteiger partial charge in [0.2, 0.25) is 11.8 Å². The van der Waals surface area contributed by atoms with Gasteiger partial charge in [-0.15, -0.1) is 0 Å². The van der Waals surface area contributed by atoms with Crippen molar-refractivity contribution >= 4 is 50.7 Å². The molecule has 0 unspecified atom stereocenters. The second-order valence-corrected chi connectivity index (χ2v) is 13.7.